The first-order valence-electron chi connectivity index (χ1n) is 8.53. The summed E-state index contributed by atoms with van der Waals surface area (Å²) in [6.45, 7) is 1.79. The lowest BCUT2D eigenvalue weighted by molar-refractivity contribution is -0.151. The number of fused-ring (bicyclic) bond motifs is 1. The van der Waals surface area contributed by atoms with Crippen molar-refractivity contribution in [2.45, 2.75) is 28.2 Å². The number of hydrogen-bond acceptors (Lipinski definition) is 11. The van der Waals surface area contributed by atoms with Crippen LogP contribution in [0.15, 0.2) is 21.9 Å². The number of β-lactam (4-membered cyclic amide) rings is 1. The summed E-state index contributed by atoms with van der Waals surface area (Å²) in [5.74, 6) is -2.63. The highest BCUT2D eigenvalue weighted by molar-refractivity contribution is 8.01. The molecule has 31 heavy (non-hydrogen) atoms. The van der Waals surface area contributed by atoms with Crippen molar-refractivity contribution in [2.24, 2.45) is 0 Å². The van der Waals surface area contributed by atoms with Gasteiger partial charge in [0.1, 0.15) is 28.4 Å². The molecule has 1 saturated heterocycles. The molecule has 2 aliphatic heterocycles. The van der Waals surface area contributed by atoms with Gasteiger partial charge in [0.05, 0.1) is 16.6 Å². The fourth-order valence-electron chi connectivity index (χ4n) is 3.06. The minimum absolute atomic E-state index is 0.0511. The first-order chi connectivity index (χ1) is 14.8. The number of carbonyl (C=O) groups is 3. The van der Waals surface area contributed by atoms with Crippen LogP contribution in [0.25, 0.3) is 0 Å². The molecule has 1 fully saturated rings. The van der Waals surface area contributed by atoms with Crippen molar-refractivity contribution in [2.75, 3.05) is 11.5 Å². The average molecular weight is 505 g/mol. The minimum Gasteiger partial charge on any atom is -0.477 e. The summed E-state index contributed by atoms with van der Waals surface area (Å²) in [7, 11) is -1.63. The molecule has 2 N–H and O–H groups in total. The Labute approximate surface area is 189 Å². The van der Waals surface area contributed by atoms with E-state index >= 15 is 0 Å². The summed E-state index contributed by atoms with van der Waals surface area (Å²) in [5, 5.41) is 30.0. The Bertz CT molecular complexity index is 1110. The predicted octanol–water partition coefficient (Wildman–Crippen LogP) is -0.883. The van der Waals surface area contributed by atoms with Gasteiger partial charge < -0.3 is 10.4 Å². The number of aryl methyl sites for hydroxylation is 1. The summed E-state index contributed by atoms with van der Waals surface area (Å²) in [6.07, 6.45) is 1.12. The molecule has 164 valence electrons. The van der Waals surface area contributed by atoms with Crippen LogP contribution in [-0.4, -0.2) is 85.3 Å². The number of nitrogens with zero attached hydrogens (tertiary/aromatic N) is 7. The van der Waals surface area contributed by atoms with Crippen LogP contribution in [-0.2, 0) is 25.2 Å². The zero-order valence-electron chi connectivity index (χ0n) is 15.5. The normalized spacial score (nSPS) is 23.9. The molecule has 0 aromatic carbocycles. The second-order valence-electron chi connectivity index (χ2n) is 6.37. The van der Waals surface area contributed by atoms with E-state index in [4.69, 9.17) is 11.6 Å². The third kappa shape index (κ3) is 4.07. The summed E-state index contributed by atoms with van der Waals surface area (Å²) < 4.78 is 14.4. The minimum atomic E-state index is -1.63. The first kappa shape index (κ1) is 21.8. The third-order valence-corrected chi connectivity index (χ3v) is 8.51. The molecule has 4 atom stereocenters. The van der Waals surface area contributed by atoms with Gasteiger partial charge in [0, 0.05) is 5.75 Å². The molecule has 17 heteroatoms. The number of carbonyl (C=O) groups excluding carboxylic acids is 2. The molecule has 4 unspecified atom stereocenters. The van der Waals surface area contributed by atoms with Gasteiger partial charge in [-0.3, -0.25) is 18.7 Å². The number of tetrazole rings is 1. The number of amides is 2. The van der Waals surface area contributed by atoms with Crippen molar-refractivity contribution < 1.29 is 23.7 Å². The number of carboxylic acids is 1. The lowest BCUT2D eigenvalue weighted by atomic mass is 10.0. The Morgan fingerprint density at radius 2 is 2.26 bits per heavy atom. The van der Waals surface area contributed by atoms with Gasteiger partial charge in [-0.05, 0) is 22.9 Å². The quantitative estimate of drug-likeness (QED) is 0.272. The molecule has 0 radical (unpaired) electrons. The molecule has 4 heterocycles. The zero-order valence-corrected chi connectivity index (χ0v) is 18.7. The van der Waals surface area contributed by atoms with Gasteiger partial charge >= 0.3 is 5.97 Å². The highest BCUT2D eigenvalue weighted by atomic mass is 35.5. The molecular formula is C14H13ClN8O5S3. The first-order valence-corrected chi connectivity index (χ1v) is 12.2. The van der Waals surface area contributed by atoms with E-state index in [1.165, 1.54) is 23.1 Å². The van der Waals surface area contributed by atoms with E-state index in [0.717, 1.165) is 20.9 Å². The molecule has 0 bridgehead atoms. The molecule has 13 nitrogen and oxygen atoms in total. The largest absolute Gasteiger partial charge is 0.477 e. The second-order valence-corrected chi connectivity index (χ2v) is 10.7. The molecule has 2 aliphatic rings. The van der Waals surface area contributed by atoms with E-state index in [2.05, 4.69) is 31.0 Å². The number of aliphatic carboxylic acids is 1. The maximum Gasteiger partial charge on any atom is 0.352 e. The molecule has 2 aromatic rings. The van der Waals surface area contributed by atoms with Crippen LogP contribution in [0.5, 0.6) is 0 Å². The van der Waals surface area contributed by atoms with Crippen LogP contribution in [0.4, 0.5) is 0 Å². The fraction of sp³-hybridized carbons (Fsp3) is 0.429. The highest BCUT2D eigenvalue weighted by Gasteiger charge is 2.57. The topological polar surface area (TPSA) is 173 Å². The maximum absolute atomic E-state index is 12.8. The molecule has 0 aliphatic carbocycles. The lowest BCUT2D eigenvalue weighted by Crippen LogP contribution is -2.73. The summed E-state index contributed by atoms with van der Waals surface area (Å²) >= 11 is 8.58. The molecule has 2 aromatic heterocycles. The smallest absolute Gasteiger partial charge is 0.352 e. The van der Waals surface area contributed by atoms with Crippen molar-refractivity contribution in [3.63, 3.8) is 0 Å². The Morgan fingerprint density at radius 1 is 1.48 bits per heavy atom. The van der Waals surface area contributed by atoms with E-state index in [1.54, 1.807) is 6.92 Å². The third-order valence-electron chi connectivity index (χ3n) is 4.40. The second kappa shape index (κ2) is 8.60. The monoisotopic (exact) mass is 504 g/mol. The standard InChI is InChI=1S/C14H13ClN8O5S3/c1-5-18-19-14(30-5)29-2-6-3-31(28)12-7(11(25)23(12)8(6)13(26)27)17-10(24)9(15)22-4-16-20-21-22/h4,7,9,12H,2-3H2,1H3,(H,17,24)(H,26,27). The van der Waals surface area contributed by atoms with Crippen LogP contribution < -0.4 is 5.32 Å². The number of thioether (sulfide) groups is 1. The Hall–Kier alpha value is -2.43. The van der Waals surface area contributed by atoms with E-state index in [9.17, 15) is 23.7 Å². The van der Waals surface area contributed by atoms with Gasteiger partial charge in [0.25, 0.3) is 11.8 Å². The van der Waals surface area contributed by atoms with Crippen molar-refractivity contribution in [1.82, 2.24) is 40.6 Å². The van der Waals surface area contributed by atoms with Crippen molar-refractivity contribution in [3.8, 4) is 0 Å². The molecule has 0 saturated carbocycles. The van der Waals surface area contributed by atoms with Crippen molar-refractivity contribution in [3.05, 3.63) is 22.6 Å². The van der Waals surface area contributed by atoms with Gasteiger partial charge in [-0.15, -0.1) is 15.3 Å². The van der Waals surface area contributed by atoms with Gasteiger partial charge in [0.2, 0.25) is 5.50 Å². The Balaban J connectivity index is 1.51. The number of hydrogen-bond donors (Lipinski definition) is 2. The van der Waals surface area contributed by atoms with Crippen LogP contribution in [0.1, 0.15) is 10.5 Å². The predicted molar refractivity (Wildman–Crippen MR) is 108 cm³/mol. The fourth-order valence-corrected chi connectivity index (χ4v) is 6.86. The summed E-state index contributed by atoms with van der Waals surface area (Å²) in [4.78, 5) is 37.9. The number of halogens is 1. The van der Waals surface area contributed by atoms with Crippen LogP contribution in [0, 0.1) is 6.92 Å². The van der Waals surface area contributed by atoms with Gasteiger partial charge in [-0.2, -0.15) is 0 Å². The number of alkyl halides is 1. The van der Waals surface area contributed by atoms with E-state index in [-0.39, 0.29) is 17.2 Å². The summed E-state index contributed by atoms with van der Waals surface area (Å²) in [6, 6.07) is -1.17. The lowest BCUT2D eigenvalue weighted by Gasteiger charge is -2.49. The maximum atomic E-state index is 12.8. The van der Waals surface area contributed by atoms with Gasteiger partial charge in [-0.1, -0.05) is 34.7 Å². The average Bonchev–Trinajstić information content (AvgIpc) is 3.40. The summed E-state index contributed by atoms with van der Waals surface area (Å²) in [5.41, 5.74) is -1.20. The van der Waals surface area contributed by atoms with Crippen LogP contribution in [0.2, 0.25) is 0 Å². The number of rotatable bonds is 7. The van der Waals surface area contributed by atoms with E-state index in [0.29, 0.717) is 9.91 Å². The van der Waals surface area contributed by atoms with E-state index < -0.39 is 45.5 Å². The van der Waals surface area contributed by atoms with Crippen LogP contribution >= 0.6 is 34.7 Å². The highest BCUT2D eigenvalue weighted by Crippen LogP contribution is 2.37. The molecule has 2 amide bonds. The number of aromatic nitrogens is 6. The van der Waals surface area contributed by atoms with E-state index in [1.807, 2.05) is 0 Å². The van der Waals surface area contributed by atoms with Crippen molar-refractivity contribution >= 4 is 63.3 Å². The SMILES string of the molecule is Cc1nnc(SCC2=C(C(=O)O)N3C(=O)C(NC(=O)C(Cl)n4cnnn4)C3S(=O)C2)s1. The Morgan fingerprint density at radius 3 is 2.87 bits per heavy atom. The van der Waals surface area contributed by atoms with Crippen LogP contribution in [0.3, 0.4) is 0 Å². The molecular weight excluding hydrogens is 492 g/mol. The number of nitrogens with one attached hydrogen (secondary N) is 1. The van der Waals surface area contributed by atoms with Gasteiger partial charge in [0.15, 0.2) is 4.34 Å². The Kier molecular flexibility index (Phi) is 6.05. The van der Waals surface area contributed by atoms with Gasteiger partial charge in [-0.25, -0.2) is 9.48 Å². The number of carboxylic acid groups (broad SMARTS) is 1. The zero-order chi connectivity index (χ0) is 22.3. The van der Waals surface area contributed by atoms with Crippen molar-refractivity contribution in [1.29, 1.82) is 0 Å². The molecule has 0 spiro atoms. The molecule has 4 rings (SSSR count).